The molecule has 1 atom stereocenters. The highest BCUT2D eigenvalue weighted by Crippen LogP contribution is 2.27. The lowest BCUT2D eigenvalue weighted by Gasteiger charge is -2.19. The molecule has 1 unspecified atom stereocenters. The van der Waals surface area contributed by atoms with Crippen molar-refractivity contribution in [3.8, 4) is 11.3 Å². The number of carbonyl (C=O) groups is 1. The van der Waals surface area contributed by atoms with Gasteiger partial charge in [-0.15, -0.1) is 0 Å². The molecule has 0 bridgehead atoms. The van der Waals surface area contributed by atoms with Crippen LogP contribution in [0.3, 0.4) is 0 Å². The van der Waals surface area contributed by atoms with Crippen LogP contribution in [-0.2, 0) is 33.7 Å². The first kappa shape index (κ1) is 23.0. The second-order valence-corrected chi connectivity index (χ2v) is 9.03. The number of aromatic nitrogens is 2. The molecule has 0 aliphatic rings. The van der Waals surface area contributed by atoms with Crippen LogP contribution in [0.1, 0.15) is 25.1 Å². The molecule has 3 rings (SSSR count). The summed E-state index contributed by atoms with van der Waals surface area (Å²) in [6.07, 6.45) is 1.56. The van der Waals surface area contributed by atoms with E-state index in [4.69, 9.17) is 16.3 Å². The normalized spacial score (nSPS) is 12.5. The van der Waals surface area contributed by atoms with Gasteiger partial charge in [0, 0.05) is 22.5 Å². The number of aliphatic carboxylic acids is 1. The largest absolute Gasteiger partial charge is 0.479 e. The Morgan fingerprint density at radius 2 is 1.97 bits per heavy atom. The number of nitrogens with zero attached hydrogens (tertiary/aromatic N) is 2. The first-order valence-electron chi connectivity index (χ1n) is 9.54. The van der Waals surface area contributed by atoms with Gasteiger partial charge >= 0.3 is 5.97 Å². The van der Waals surface area contributed by atoms with Crippen LogP contribution in [0.4, 0.5) is 5.69 Å². The first-order chi connectivity index (χ1) is 14.7. The van der Waals surface area contributed by atoms with Crippen LogP contribution >= 0.6 is 11.6 Å². The van der Waals surface area contributed by atoms with E-state index in [1.807, 2.05) is 54.6 Å². The van der Waals surface area contributed by atoms with Gasteiger partial charge in [-0.25, -0.2) is 9.00 Å². The maximum Gasteiger partial charge on any atom is 0.335 e. The van der Waals surface area contributed by atoms with Crippen molar-refractivity contribution in [3.63, 3.8) is 0 Å². The minimum atomic E-state index is -1.33. The van der Waals surface area contributed by atoms with Crippen molar-refractivity contribution < 1.29 is 18.8 Å². The summed E-state index contributed by atoms with van der Waals surface area (Å²) >= 11 is 6.34. The van der Waals surface area contributed by atoms with Gasteiger partial charge in [0.15, 0.2) is 5.60 Å². The van der Waals surface area contributed by atoms with Crippen molar-refractivity contribution in [2.24, 2.45) is 0 Å². The summed E-state index contributed by atoms with van der Waals surface area (Å²) in [6.45, 7) is 3.46. The molecule has 9 heteroatoms. The Hall–Kier alpha value is -2.68. The third kappa shape index (κ3) is 5.94. The van der Waals surface area contributed by atoms with Crippen LogP contribution < -0.4 is 4.72 Å². The molecule has 0 radical (unpaired) electrons. The number of halogens is 1. The highest BCUT2D eigenvalue weighted by atomic mass is 35.5. The molecule has 0 saturated carbocycles. The summed E-state index contributed by atoms with van der Waals surface area (Å²) in [5.41, 5.74) is 2.54. The number of carboxylic acid groups (broad SMARTS) is 1. The van der Waals surface area contributed by atoms with Crippen LogP contribution in [0.5, 0.6) is 0 Å². The maximum absolute atomic E-state index is 11.5. The van der Waals surface area contributed by atoms with Crippen LogP contribution in [0.2, 0.25) is 5.02 Å². The number of anilines is 1. The van der Waals surface area contributed by atoms with Crippen LogP contribution in [-0.4, -0.2) is 36.9 Å². The van der Waals surface area contributed by atoms with Gasteiger partial charge in [0.05, 0.1) is 24.5 Å². The van der Waals surface area contributed by atoms with Gasteiger partial charge in [-0.3, -0.25) is 4.68 Å². The topological polar surface area (TPSA) is 93.4 Å². The van der Waals surface area contributed by atoms with Crippen molar-refractivity contribution >= 4 is 34.2 Å². The minimum Gasteiger partial charge on any atom is -0.479 e. The molecule has 0 amide bonds. The Balaban J connectivity index is 1.97. The van der Waals surface area contributed by atoms with Crippen molar-refractivity contribution in [2.45, 2.75) is 32.6 Å². The molecule has 2 aromatic carbocycles. The summed E-state index contributed by atoms with van der Waals surface area (Å²) in [4.78, 5) is 11.3. The van der Waals surface area contributed by atoms with Gasteiger partial charge in [-0.05, 0) is 43.7 Å². The van der Waals surface area contributed by atoms with E-state index < -0.39 is 22.6 Å². The highest BCUT2D eigenvalue weighted by molar-refractivity contribution is 7.85. The molecule has 0 spiro atoms. The summed E-state index contributed by atoms with van der Waals surface area (Å²) in [7, 11) is -1.20. The lowest BCUT2D eigenvalue weighted by molar-refractivity contribution is -0.162. The molecular formula is C22H24ClN3O4S. The Labute approximate surface area is 188 Å². The number of benzene rings is 2. The molecule has 0 aliphatic carbocycles. The zero-order valence-corrected chi connectivity index (χ0v) is 19.0. The van der Waals surface area contributed by atoms with Gasteiger partial charge in [-0.1, -0.05) is 41.9 Å². The first-order valence-corrected chi connectivity index (χ1v) is 11.5. The van der Waals surface area contributed by atoms with E-state index in [0.717, 1.165) is 16.8 Å². The predicted molar refractivity (Wildman–Crippen MR) is 122 cm³/mol. The third-order valence-corrected chi connectivity index (χ3v) is 5.52. The minimum absolute atomic E-state index is 0.0404. The van der Waals surface area contributed by atoms with E-state index >= 15 is 0 Å². The van der Waals surface area contributed by atoms with Gasteiger partial charge in [0.2, 0.25) is 0 Å². The number of ether oxygens (including phenoxy) is 1. The molecule has 1 heterocycles. The summed E-state index contributed by atoms with van der Waals surface area (Å²) in [5.74, 6) is -1.05. The number of carboxylic acids is 1. The summed E-state index contributed by atoms with van der Waals surface area (Å²) in [6, 6.07) is 16.9. The number of hydrogen-bond donors (Lipinski definition) is 2. The number of hydrogen-bond acceptors (Lipinski definition) is 4. The quantitative estimate of drug-likeness (QED) is 0.494. The van der Waals surface area contributed by atoms with Gasteiger partial charge in [0.1, 0.15) is 11.0 Å². The third-order valence-electron chi connectivity index (χ3n) is 4.62. The van der Waals surface area contributed by atoms with Crippen LogP contribution in [0.15, 0.2) is 54.6 Å². The van der Waals surface area contributed by atoms with Crippen molar-refractivity contribution in [1.82, 2.24) is 9.78 Å². The predicted octanol–water partition coefficient (Wildman–Crippen LogP) is 4.34. The van der Waals surface area contributed by atoms with E-state index in [-0.39, 0.29) is 6.61 Å². The molecule has 0 fully saturated rings. The SMILES string of the molecule is CS(=O)Nc1cccc(-c2cc(COC(C)(C)C(=O)O)nn2Cc2ccccc2Cl)c1. The second kappa shape index (κ2) is 9.64. The molecule has 3 aromatic rings. The Bertz CT molecular complexity index is 1110. The molecule has 164 valence electrons. The molecule has 0 saturated heterocycles. The van der Waals surface area contributed by atoms with Crippen molar-refractivity contribution in [2.75, 3.05) is 11.0 Å². The smallest absolute Gasteiger partial charge is 0.335 e. The standard InChI is InChI=1S/C22H24ClN3O4S/c1-22(2,21(27)28)30-14-18-12-20(15-8-6-9-17(11-15)25-31(3)29)26(24-18)13-16-7-4-5-10-19(16)23/h4-12,25H,13-14H2,1-3H3,(H,27,28). The fourth-order valence-corrected chi connectivity index (χ4v) is 3.56. The monoisotopic (exact) mass is 461 g/mol. The van der Waals surface area contributed by atoms with Gasteiger partial charge in [-0.2, -0.15) is 5.10 Å². The summed E-state index contributed by atoms with van der Waals surface area (Å²) in [5, 5.41) is 14.6. The van der Waals surface area contributed by atoms with Crippen molar-refractivity contribution in [3.05, 3.63) is 70.9 Å². The van der Waals surface area contributed by atoms with E-state index in [2.05, 4.69) is 9.82 Å². The van der Waals surface area contributed by atoms with E-state index in [9.17, 15) is 14.1 Å². The van der Waals surface area contributed by atoms with Crippen LogP contribution in [0.25, 0.3) is 11.3 Å². The fourth-order valence-electron chi connectivity index (χ4n) is 2.91. The molecule has 0 aliphatic heterocycles. The lowest BCUT2D eigenvalue weighted by atomic mass is 10.1. The van der Waals surface area contributed by atoms with Crippen LogP contribution in [0, 0.1) is 0 Å². The second-order valence-electron chi connectivity index (χ2n) is 7.51. The molecule has 2 N–H and O–H groups in total. The summed E-state index contributed by atoms with van der Waals surface area (Å²) < 4.78 is 21.8. The van der Waals surface area contributed by atoms with E-state index in [1.54, 1.807) is 10.9 Å². The lowest BCUT2D eigenvalue weighted by Crippen LogP contribution is -2.34. The Morgan fingerprint density at radius 1 is 1.23 bits per heavy atom. The number of rotatable bonds is 9. The molecule has 31 heavy (non-hydrogen) atoms. The fraction of sp³-hybridized carbons (Fsp3) is 0.273. The zero-order chi connectivity index (χ0) is 22.6. The maximum atomic E-state index is 11.5. The van der Waals surface area contributed by atoms with E-state index in [0.29, 0.717) is 22.9 Å². The van der Waals surface area contributed by atoms with Gasteiger partial charge in [0.25, 0.3) is 0 Å². The Morgan fingerprint density at radius 3 is 2.65 bits per heavy atom. The zero-order valence-electron chi connectivity index (χ0n) is 17.5. The number of nitrogens with one attached hydrogen (secondary N) is 1. The average molecular weight is 462 g/mol. The highest BCUT2D eigenvalue weighted by Gasteiger charge is 2.28. The molecule has 1 aromatic heterocycles. The molecular weight excluding hydrogens is 438 g/mol. The van der Waals surface area contributed by atoms with Gasteiger partial charge < -0.3 is 14.6 Å². The van der Waals surface area contributed by atoms with Crippen molar-refractivity contribution in [1.29, 1.82) is 0 Å². The average Bonchev–Trinajstić information content (AvgIpc) is 3.11. The van der Waals surface area contributed by atoms with E-state index in [1.165, 1.54) is 13.8 Å². The molecule has 7 nitrogen and oxygen atoms in total. The Kier molecular flexibility index (Phi) is 7.15.